The summed E-state index contributed by atoms with van der Waals surface area (Å²) >= 11 is 0. The van der Waals surface area contributed by atoms with Gasteiger partial charge >= 0.3 is 6.09 Å². The van der Waals surface area contributed by atoms with Gasteiger partial charge in [-0.15, -0.1) is 0 Å². The molecule has 8 heteroatoms. The maximum absolute atomic E-state index is 12.7. The zero-order valence-electron chi connectivity index (χ0n) is 21.2. The molecule has 1 N–H and O–H groups in total. The number of amides is 1. The highest BCUT2D eigenvalue weighted by molar-refractivity contribution is 5.85. The number of rotatable bonds is 5. The van der Waals surface area contributed by atoms with Crippen molar-refractivity contribution in [3.8, 4) is 17.4 Å². The molecule has 1 aliphatic rings. The molecule has 1 atom stereocenters. The third-order valence-electron chi connectivity index (χ3n) is 6.21. The lowest BCUT2D eigenvalue weighted by Crippen LogP contribution is -2.48. The highest BCUT2D eigenvalue weighted by atomic mass is 16.6. The van der Waals surface area contributed by atoms with Crippen molar-refractivity contribution in [2.24, 2.45) is 0 Å². The fourth-order valence-electron chi connectivity index (χ4n) is 4.54. The van der Waals surface area contributed by atoms with E-state index < -0.39 is 5.60 Å². The fourth-order valence-corrected chi connectivity index (χ4v) is 4.54. The van der Waals surface area contributed by atoms with Gasteiger partial charge in [0.25, 0.3) is 0 Å². The number of nitrogens with zero attached hydrogens (tertiary/aromatic N) is 3. The first-order valence-electron chi connectivity index (χ1n) is 12.4. The molecule has 0 saturated carbocycles. The summed E-state index contributed by atoms with van der Waals surface area (Å²) in [4.78, 5) is 26.6. The third kappa shape index (κ3) is 5.37. The molecule has 0 radical (unpaired) electrons. The average Bonchev–Trinajstić information content (AvgIpc) is 3.21. The Hall–Kier alpha value is -3.81. The first-order valence-corrected chi connectivity index (χ1v) is 12.4. The van der Waals surface area contributed by atoms with Gasteiger partial charge in [0.15, 0.2) is 0 Å². The van der Waals surface area contributed by atoms with Crippen LogP contribution in [0.3, 0.4) is 0 Å². The maximum Gasteiger partial charge on any atom is 0.410 e. The van der Waals surface area contributed by atoms with E-state index in [4.69, 9.17) is 14.2 Å². The van der Waals surface area contributed by atoms with E-state index in [1.54, 1.807) is 4.90 Å². The SMILES string of the molecule is Cc1cc2cc(Oc3ncnc4cc(OCC5CCCCN5C(=O)OC(C)(C)C)ccc34)ccc2[nH]1. The van der Waals surface area contributed by atoms with Crippen LogP contribution in [-0.2, 0) is 4.74 Å². The number of likely N-dealkylation sites (tertiary alicyclic amines) is 1. The number of carbonyl (C=O) groups excluding carboxylic acids is 1. The summed E-state index contributed by atoms with van der Waals surface area (Å²) in [7, 11) is 0. The van der Waals surface area contributed by atoms with Crippen LogP contribution in [0.15, 0.2) is 48.8 Å². The zero-order valence-corrected chi connectivity index (χ0v) is 21.2. The average molecular weight is 489 g/mol. The van der Waals surface area contributed by atoms with Crippen LogP contribution in [0.5, 0.6) is 17.4 Å². The number of aryl methyl sites for hydroxylation is 1. The summed E-state index contributed by atoms with van der Waals surface area (Å²) in [5.74, 6) is 1.88. The lowest BCUT2D eigenvalue weighted by molar-refractivity contribution is 0.00361. The second-order valence-corrected chi connectivity index (χ2v) is 10.3. The summed E-state index contributed by atoms with van der Waals surface area (Å²) in [6, 6.07) is 13.6. The molecular weight excluding hydrogens is 456 g/mol. The molecule has 2 aromatic heterocycles. The summed E-state index contributed by atoms with van der Waals surface area (Å²) in [6.45, 7) is 8.76. The Morgan fingerprint density at radius 1 is 1.08 bits per heavy atom. The number of nitrogens with one attached hydrogen (secondary N) is 1. The van der Waals surface area contributed by atoms with E-state index in [2.05, 4.69) is 21.0 Å². The smallest absolute Gasteiger partial charge is 0.410 e. The van der Waals surface area contributed by atoms with Gasteiger partial charge in [-0.25, -0.2) is 14.8 Å². The lowest BCUT2D eigenvalue weighted by Gasteiger charge is -2.36. The monoisotopic (exact) mass is 488 g/mol. The minimum absolute atomic E-state index is 0.0272. The Morgan fingerprint density at radius 2 is 1.92 bits per heavy atom. The summed E-state index contributed by atoms with van der Waals surface area (Å²) in [5.41, 5.74) is 2.37. The van der Waals surface area contributed by atoms with E-state index in [0.29, 0.717) is 30.5 Å². The van der Waals surface area contributed by atoms with Gasteiger partial charge in [-0.1, -0.05) is 0 Å². The highest BCUT2D eigenvalue weighted by Gasteiger charge is 2.31. The van der Waals surface area contributed by atoms with Gasteiger partial charge < -0.3 is 24.1 Å². The van der Waals surface area contributed by atoms with Gasteiger partial charge in [0.05, 0.1) is 16.9 Å². The standard InChI is InChI=1S/C28H32N4O4/c1-18-13-19-14-22(9-11-24(19)31-18)35-26-23-10-8-21(15-25(23)29-17-30-26)34-16-20-7-5-6-12-32(20)27(33)36-28(2,3)4/h8-11,13-15,17,20,31H,5-7,12,16H2,1-4H3. The number of H-pyrrole nitrogens is 1. The van der Waals surface area contributed by atoms with Gasteiger partial charge in [0.2, 0.25) is 5.88 Å². The van der Waals surface area contributed by atoms with Gasteiger partial charge in [0.1, 0.15) is 30.0 Å². The molecule has 0 aliphatic carbocycles. The summed E-state index contributed by atoms with van der Waals surface area (Å²) in [5, 5.41) is 1.88. The molecule has 1 aliphatic heterocycles. The van der Waals surface area contributed by atoms with E-state index in [9.17, 15) is 4.79 Å². The van der Waals surface area contributed by atoms with Crippen LogP contribution >= 0.6 is 0 Å². The van der Waals surface area contributed by atoms with Crippen LogP contribution in [0.25, 0.3) is 21.8 Å². The van der Waals surface area contributed by atoms with Gasteiger partial charge in [-0.2, -0.15) is 0 Å². The molecule has 188 valence electrons. The predicted octanol–water partition coefficient (Wildman–Crippen LogP) is 6.38. The quantitative estimate of drug-likeness (QED) is 0.351. The van der Waals surface area contributed by atoms with E-state index in [0.717, 1.165) is 46.8 Å². The van der Waals surface area contributed by atoms with Crippen molar-refractivity contribution in [2.45, 2.75) is 58.6 Å². The zero-order chi connectivity index (χ0) is 25.3. The van der Waals surface area contributed by atoms with E-state index in [1.165, 1.54) is 6.33 Å². The number of aromatic nitrogens is 3. The Labute approximate surface area is 210 Å². The number of hydrogen-bond donors (Lipinski definition) is 1. The van der Waals surface area contributed by atoms with Gasteiger partial charge in [0, 0.05) is 29.2 Å². The molecule has 1 unspecified atom stereocenters. The minimum Gasteiger partial charge on any atom is -0.491 e. The fraction of sp³-hybridized carbons (Fsp3) is 0.393. The van der Waals surface area contributed by atoms with Crippen molar-refractivity contribution in [3.63, 3.8) is 0 Å². The molecule has 36 heavy (non-hydrogen) atoms. The van der Waals surface area contributed by atoms with Crippen LogP contribution in [0, 0.1) is 6.92 Å². The molecule has 5 rings (SSSR count). The molecule has 3 heterocycles. The van der Waals surface area contributed by atoms with Crippen molar-refractivity contribution in [3.05, 3.63) is 54.5 Å². The minimum atomic E-state index is -0.524. The number of hydrogen-bond acceptors (Lipinski definition) is 6. The van der Waals surface area contributed by atoms with Crippen molar-refractivity contribution >= 4 is 27.9 Å². The Morgan fingerprint density at radius 3 is 2.75 bits per heavy atom. The van der Waals surface area contributed by atoms with Crippen molar-refractivity contribution < 1.29 is 19.0 Å². The second kappa shape index (κ2) is 9.68. The van der Waals surface area contributed by atoms with Crippen LogP contribution in [-0.4, -0.2) is 50.7 Å². The largest absolute Gasteiger partial charge is 0.491 e. The number of ether oxygens (including phenoxy) is 3. The molecule has 2 aromatic carbocycles. The first-order chi connectivity index (χ1) is 17.2. The van der Waals surface area contributed by atoms with E-state index in [1.807, 2.05) is 64.1 Å². The van der Waals surface area contributed by atoms with Gasteiger partial charge in [-0.05, 0) is 83.4 Å². The summed E-state index contributed by atoms with van der Waals surface area (Å²) < 4.78 is 17.8. The molecule has 8 nitrogen and oxygen atoms in total. The van der Waals surface area contributed by atoms with Crippen molar-refractivity contribution in [1.29, 1.82) is 0 Å². The first kappa shape index (κ1) is 23.9. The lowest BCUT2D eigenvalue weighted by atomic mass is 10.0. The molecule has 1 amide bonds. The Kier molecular flexibility index (Phi) is 6.43. The van der Waals surface area contributed by atoms with Crippen LogP contribution in [0.4, 0.5) is 4.79 Å². The van der Waals surface area contributed by atoms with Crippen molar-refractivity contribution in [2.75, 3.05) is 13.2 Å². The maximum atomic E-state index is 12.7. The molecule has 0 spiro atoms. The van der Waals surface area contributed by atoms with Crippen LogP contribution in [0.2, 0.25) is 0 Å². The molecular formula is C28H32N4O4. The van der Waals surface area contributed by atoms with E-state index in [-0.39, 0.29) is 12.1 Å². The molecule has 0 bridgehead atoms. The number of aromatic amines is 1. The molecule has 1 saturated heterocycles. The van der Waals surface area contributed by atoms with Crippen LogP contribution in [0.1, 0.15) is 45.7 Å². The normalized spacial score (nSPS) is 16.3. The number of fused-ring (bicyclic) bond motifs is 2. The topological polar surface area (TPSA) is 89.6 Å². The second-order valence-electron chi connectivity index (χ2n) is 10.3. The molecule has 4 aromatic rings. The molecule has 1 fully saturated rings. The van der Waals surface area contributed by atoms with Gasteiger partial charge in [-0.3, -0.25) is 0 Å². The van der Waals surface area contributed by atoms with E-state index >= 15 is 0 Å². The number of benzene rings is 2. The summed E-state index contributed by atoms with van der Waals surface area (Å²) in [6.07, 6.45) is 4.13. The predicted molar refractivity (Wildman–Crippen MR) is 139 cm³/mol. The Balaban J connectivity index is 1.29. The Bertz CT molecular complexity index is 1390. The number of carbonyl (C=O) groups is 1. The number of piperidine rings is 1. The highest BCUT2D eigenvalue weighted by Crippen LogP contribution is 2.31. The van der Waals surface area contributed by atoms with Crippen LogP contribution < -0.4 is 9.47 Å². The third-order valence-corrected chi connectivity index (χ3v) is 6.21. The van der Waals surface area contributed by atoms with Crippen molar-refractivity contribution in [1.82, 2.24) is 19.9 Å².